The number of hydrogen-bond donors (Lipinski definition) is 1. The summed E-state index contributed by atoms with van der Waals surface area (Å²) in [7, 11) is 0. The zero-order chi connectivity index (χ0) is 7.84. The van der Waals surface area contributed by atoms with E-state index in [1.807, 2.05) is 4.90 Å². The van der Waals surface area contributed by atoms with Crippen molar-refractivity contribution in [3.05, 3.63) is 0 Å². The molecule has 2 aliphatic heterocycles. The molecule has 2 heterocycles. The van der Waals surface area contributed by atoms with Crippen molar-refractivity contribution in [3.8, 4) is 0 Å². The van der Waals surface area contributed by atoms with E-state index in [4.69, 9.17) is 0 Å². The number of hydrogen-bond acceptors (Lipinski definition) is 2. The lowest BCUT2D eigenvalue weighted by Crippen LogP contribution is -2.45. The number of likely N-dealkylation sites (tertiary alicyclic amines) is 1. The van der Waals surface area contributed by atoms with Crippen molar-refractivity contribution in [1.29, 1.82) is 0 Å². The minimum Gasteiger partial charge on any atom is -0.311 e. The molecule has 0 aliphatic carbocycles. The number of piperazine rings is 1. The van der Waals surface area contributed by atoms with Crippen LogP contribution < -0.4 is 5.32 Å². The molecule has 1 N–H and O–H groups in total. The fraction of sp³-hybridized carbons (Fsp3) is 1.00. The second kappa shape index (κ2) is 3.85. The van der Waals surface area contributed by atoms with Crippen molar-refractivity contribution in [1.82, 2.24) is 10.2 Å². The van der Waals surface area contributed by atoms with Crippen LogP contribution in [-0.2, 0) is 0 Å². The molecule has 0 spiro atoms. The first kappa shape index (κ1) is 10.2. The Morgan fingerprint density at radius 1 is 1.50 bits per heavy atom. The van der Waals surface area contributed by atoms with Gasteiger partial charge >= 0.3 is 0 Å². The Kier molecular flexibility index (Phi) is 3.26. The fourth-order valence-corrected chi connectivity index (χ4v) is 2.05. The van der Waals surface area contributed by atoms with E-state index in [2.05, 4.69) is 5.32 Å². The van der Waals surface area contributed by atoms with Gasteiger partial charge in [-0.25, -0.2) is 8.78 Å². The summed E-state index contributed by atoms with van der Waals surface area (Å²) < 4.78 is 23.9. The second-order valence-electron chi connectivity index (χ2n) is 3.34. The van der Waals surface area contributed by atoms with Crippen LogP contribution in [0.15, 0.2) is 0 Å². The van der Waals surface area contributed by atoms with E-state index >= 15 is 0 Å². The van der Waals surface area contributed by atoms with Crippen LogP contribution in [0.1, 0.15) is 6.42 Å². The highest BCUT2D eigenvalue weighted by Gasteiger charge is 2.38. The van der Waals surface area contributed by atoms with Crippen LogP contribution in [0.2, 0.25) is 0 Å². The molecular formula is C7H13ClF2N2. The van der Waals surface area contributed by atoms with Crippen LogP contribution in [-0.4, -0.2) is 43.0 Å². The number of alkyl halides is 2. The van der Waals surface area contributed by atoms with Crippen molar-refractivity contribution >= 4 is 12.4 Å². The molecule has 2 atom stereocenters. The lowest BCUT2D eigenvalue weighted by Gasteiger charge is -2.26. The van der Waals surface area contributed by atoms with Gasteiger partial charge in [0.05, 0.1) is 6.54 Å². The fourth-order valence-electron chi connectivity index (χ4n) is 2.05. The zero-order valence-electron chi connectivity index (χ0n) is 6.67. The number of nitrogens with zero attached hydrogens (tertiary/aromatic N) is 1. The molecule has 2 rings (SSSR count). The maximum atomic E-state index is 11.9. The van der Waals surface area contributed by atoms with Crippen LogP contribution in [0.5, 0.6) is 0 Å². The number of halogens is 3. The summed E-state index contributed by atoms with van der Waals surface area (Å²) in [5, 5.41) is 3.27. The molecule has 72 valence electrons. The van der Waals surface area contributed by atoms with E-state index in [1.165, 1.54) is 0 Å². The topological polar surface area (TPSA) is 15.3 Å². The Balaban J connectivity index is 0.000000720. The molecule has 0 amide bonds. The predicted octanol–water partition coefficient (Wildman–Crippen LogP) is 0.719. The smallest absolute Gasteiger partial charge is 0.251 e. The van der Waals surface area contributed by atoms with E-state index in [1.54, 1.807) is 0 Å². The zero-order valence-corrected chi connectivity index (χ0v) is 7.49. The highest BCUT2D eigenvalue weighted by molar-refractivity contribution is 5.85. The van der Waals surface area contributed by atoms with Crippen molar-refractivity contribution < 1.29 is 8.78 Å². The van der Waals surface area contributed by atoms with Gasteiger partial charge in [-0.15, -0.1) is 12.4 Å². The second-order valence-corrected chi connectivity index (χ2v) is 3.34. The van der Waals surface area contributed by atoms with Crippen LogP contribution in [0.25, 0.3) is 0 Å². The number of rotatable bonds is 2. The molecule has 0 aromatic heterocycles. The van der Waals surface area contributed by atoms with E-state index in [0.29, 0.717) is 12.1 Å². The maximum Gasteiger partial charge on any atom is 0.251 e. The average Bonchev–Trinajstić information content (AvgIpc) is 2.45. The summed E-state index contributed by atoms with van der Waals surface area (Å²) in [6.45, 7) is 1.68. The van der Waals surface area contributed by atoms with E-state index < -0.39 is 6.43 Å². The summed E-state index contributed by atoms with van der Waals surface area (Å²) in [6, 6.07) is 0.868. The molecule has 12 heavy (non-hydrogen) atoms. The highest BCUT2D eigenvalue weighted by Crippen LogP contribution is 2.23. The molecule has 0 aromatic carbocycles. The van der Waals surface area contributed by atoms with Crippen LogP contribution in [0.3, 0.4) is 0 Å². The van der Waals surface area contributed by atoms with E-state index in [0.717, 1.165) is 19.5 Å². The first-order valence-electron chi connectivity index (χ1n) is 4.01. The summed E-state index contributed by atoms with van der Waals surface area (Å²) in [6.07, 6.45) is -1.11. The van der Waals surface area contributed by atoms with Crippen molar-refractivity contribution in [2.45, 2.75) is 24.9 Å². The van der Waals surface area contributed by atoms with Crippen molar-refractivity contribution in [2.24, 2.45) is 0 Å². The molecule has 2 nitrogen and oxygen atoms in total. The summed E-state index contributed by atoms with van der Waals surface area (Å²) in [5.74, 6) is 0. The third-order valence-corrected chi connectivity index (χ3v) is 2.54. The summed E-state index contributed by atoms with van der Waals surface area (Å²) >= 11 is 0. The standard InChI is InChI=1S/C7H12F2N2.ClH/c8-7(9)4-11-3-5-1-6(11)2-10-5;/h5-7,10H,1-4H2;1H/t5-,6-;/m0./s1. The van der Waals surface area contributed by atoms with Crippen molar-refractivity contribution in [3.63, 3.8) is 0 Å². The van der Waals surface area contributed by atoms with Gasteiger partial charge < -0.3 is 5.32 Å². The SMILES string of the molecule is Cl.FC(F)CN1C[C@@H]2C[C@H]1CN2. The molecular weight excluding hydrogens is 186 g/mol. The van der Waals surface area contributed by atoms with Crippen molar-refractivity contribution in [2.75, 3.05) is 19.6 Å². The molecule has 2 bridgehead atoms. The molecule has 0 saturated carbocycles. The minimum absolute atomic E-state index is 0. The Bertz CT molecular complexity index is 156. The number of nitrogens with one attached hydrogen (secondary N) is 1. The monoisotopic (exact) mass is 198 g/mol. The maximum absolute atomic E-state index is 11.9. The van der Waals surface area contributed by atoms with Crippen LogP contribution in [0, 0.1) is 0 Å². The van der Waals surface area contributed by atoms with E-state index in [-0.39, 0.29) is 19.0 Å². The van der Waals surface area contributed by atoms with Gasteiger partial charge in [0.1, 0.15) is 0 Å². The molecule has 2 fully saturated rings. The van der Waals surface area contributed by atoms with Gasteiger partial charge in [0.2, 0.25) is 0 Å². The number of fused-ring (bicyclic) bond motifs is 2. The molecule has 0 unspecified atom stereocenters. The van der Waals surface area contributed by atoms with Crippen LogP contribution in [0.4, 0.5) is 8.78 Å². The first-order valence-corrected chi connectivity index (χ1v) is 4.01. The normalized spacial score (nSPS) is 34.2. The first-order chi connectivity index (χ1) is 5.25. The third kappa shape index (κ3) is 1.87. The molecule has 2 aliphatic rings. The van der Waals surface area contributed by atoms with Crippen LogP contribution >= 0.6 is 12.4 Å². The summed E-state index contributed by atoms with van der Waals surface area (Å²) in [5.41, 5.74) is 0. The molecule has 0 radical (unpaired) electrons. The van der Waals surface area contributed by atoms with Gasteiger partial charge in [0, 0.05) is 25.2 Å². The van der Waals surface area contributed by atoms with Gasteiger partial charge in [0.25, 0.3) is 6.43 Å². The Morgan fingerprint density at radius 3 is 2.67 bits per heavy atom. The van der Waals surface area contributed by atoms with Gasteiger partial charge in [0.15, 0.2) is 0 Å². The molecule has 5 heteroatoms. The highest BCUT2D eigenvalue weighted by atomic mass is 35.5. The molecule has 0 aromatic rings. The summed E-state index contributed by atoms with van der Waals surface area (Å²) in [4.78, 5) is 1.89. The molecule has 2 saturated heterocycles. The van der Waals surface area contributed by atoms with Gasteiger partial charge in [-0.1, -0.05) is 0 Å². The third-order valence-electron chi connectivity index (χ3n) is 2.54. The average molecular weight is 199 g/mol. The van der Waals surface area contributed by atoms with E-state index in [9.17, 15) is 8.78 Å². The lowest BCUT2D eigenvalue weighted by atomic mass is 10.2. The minimum atomic E-state index is -2.17. The quantitative estimate of drug-likeness (QED) is 0.704. The Morgan fingerprint density at radius 2 is 2.25 bits per heavy atom. The Hall–Kier alpha value is 0.0700. The van der Waals surface area contributed by atoms with Gasteiger partial charge in [-0.3, -0.25) is 4.90 Å². The predicted molar refractivity (Wildman–Crippen MR) is 45.0 cm³/mol. The lowest BCUT2D eigenvalue weighted by molar-refractivity contribution is 0.0764. The largest absolute Gasteiger partial charge is 0.311 e. The van der Waals surface area contributed by atoms with Gasteiger partial charge in [-0.05, 0) is 6.42 Å². The van der Waals surface area contributed by atoms with Gasteiger partial charge in [-0.2, -0.15) is 0 Å². The Labute approximate surface area is 76.7 Å².